The Hall–Kier alpha value is -1.75. The first kappa shape index (κ1) is 18.1. The number of piperazine rings is 1. The van der Waals surface area contributed by atoms with Gasteiger partial charge in [0, 0.05) is 23.7 Å². The Balaban J connectivity index is 1.74. The van der Waals surface area contributed by atoms with Crippen LogP contribution in [-0.4, -0.2) is 52.6 Å². The van der Waals surface area contributed by atoms with Crippen LogP contribution in [0, 0.1) is 6.92 Å². The van der Waals surface area contributed by atoms with Gasteiger partial charge in [0.25, 0.3) is 5.91 Å². The third kappa shape index (κ3) is 3.61. The third-order valence-electron chi connectivity index (χ3n) is 4.87. The summed E-state index contributed by atoms with van der Waals surface area (Å²) < 4.78 is 5.54. The molecule has 136 valence electrons. The number of amides is 2. The van der Waals surface area contributed by atoms with Crippen molar-refractivity contribution >= 4 is 23.6 Å². The molecule has 1 aromatic carbocycles. The summed E-state index contributed by atoms with van der Waals surface area (Å²) in [6, 6.07) is 5.45. The van der Waals surface area contributed by atoms with Crippen molar-refractivity contribution in [3.05, 3.63) is 34.3 Å². The van der Waals surface area contributed by atoms with Gasteiger partial charge in [-0.15, -0.1) is 0 Å². The zero-order chi connectivity index (χ0) is 18.4. The van der Waals surface area contributed by atoms with E-state index in [0.29, 0.717) is 23.7 Å². The number of benzene rings is 1. The summed E-state index contributed by atoms with van der Waals surface area (Å²) in [5, 5.41) is 0.598. The molecule has 0 radical (unpaired) electrons. The molecule has 2 bridgehead atoms. The Kier molecular flexibility index (Phi) is 4.71. The Morgan fingerprint density at radius 2 is 1.76 bits per heavy atom. The van der Waals surface area contributed by atoms with Gasteiger partial charge in [-0.1, -0.05) is 17.7 Å². The summed E-state index contributed by atoms with van der Waals surface area (Å²) in [4.78, 5) is 29.1. The van der Waals surface area contributed by atoms with Gasteiger partial charge in [0.2, 0.25) is 0 Å². The topological polar surface area (TPSA) is 49.9 Å². The van der Waals surface area contributed by atoms with Crippen molar-refractivity contribution in [3.63, 3.8) is 0 Å². The number of carbonyl (C=O) groups excluding carboxylic acids is 2. The molecule has 2 atom stereocenters. The monoisotopic (exact) mass is 364 g/mol. The van der Waals surface area contributed by atoms with Gasteiger partial charge in [-0.3, -0.25) is 9.69 Å². The number of hydrogen-bond acceptors (Lipinski definition) is 3. The van der Waals surface area contributed by atoms with Crippen LogP contribution in [0.2, 0.25) is 5.02 Å². The fourth-order valence-electron chi connectivity index (χ4n) is 3.69. The summed E-state index contributed by atoms with van der Waals surface area (Å²) in [7, 11) is 0. The summed E-state index contributed by atoms with van der Waals surface area (Å²) in [5.74, 6) is -0.0132. The lowest BCUT2D eigenvalue weighted by Gasteiger charge is -2.41. The van der Waals surface area contributed by atoms with Crippen molar-refractivity contribution in [3.8, 4) is 0 Å². The molecule has 2 fully saturated rings. The molecule has 2 amide bonds. The highest BCUT2D eigenvalue weighted by molar-refractivity contribution is 6.31. The summed E-state index contributed by atoms with van der Waals surface area (Å²) in [6.07, 6.45) is 1.54. The number of nitrogens with zero attached hydrogens (tertiary/aromatic N) is 2. The molecular weight excluding hydrogens is 340 g/mol. The Morgan fingerprint density at radius 3 is 2.32 bits per heavy atom. The average Bonchev–Trinajstić information content (AvgIpc) is 2.78. The molecule has 0 spiro atoms. The van der Waals surface area contributed by atoms with E-state index in [9.17, 15) is 9.59 Å². The molecule has 1 aromatic rings. The molecule has 0 aromatic heterocycles. The van der Waals surface area contributed by atoms with Crippen molar-refractivity contribution in [2.45, 2.75) is 58.2 Å². The van der Waals surface area contributed by atoms with Crippen molar-refractivity contribution in [1.29, 1.82) is 0 Å². The maximum Gasteiger partial charge on any atom is 0.410 e. The molecule has 2 aliphatic heterocycles. The van der Waals surface area contributed by atoms with E-state index in [0.717, 1.165) is 18.4 Å². The summed E-state index contributed by atoms with van der Waals surface area (Å²) in [6.45, 7) is 8.56. The van der Waals surface area contributed by atoms with E-state index in [-0.39, 0.29) is 24.1 Å². The molecule has 0 N–H and O–H groups in total. The van der Waals surface area contributed by atoms with Gasteiger partial charge in [-0.25, -0.2) is 4.79 Å². The number of carbonyl (C=O) groups is 2. The second kappa shape index (κ2) is 6.52. The highest BCUT2D eigenvalue weighted by Gasteiger charge is 2.45. The van der Waals surface area contributed by atoms with Crippen LogP contribution < -0.4 is 0 Å². The normalized spacial score (nSPS) is 22.9. The standard InChI is InChI=1S/C19H25ClN2O3/c1-12-15(6-5-7-16(12)20)17(23)21-10-13-8-9-14(11-21)22(13)18(24)25-19(2,3)4/h5-7,13-14H,8-11H2,1-4H3. The first-order valence-corrected chi connectivity index (χ1v) is 9.11. The first-order valence-electron chi connectivity index (χ1n) is 8.73. The lowest BCUT2D eigenvalue weighted by molar-refractivity contribution is -0.00336. The zero-order valence-electron chi connectivity index (χ0n) is 15.2. The van der Waals surface area contributed by atoms with Gasteiger partial charge in [-0.2, -0.15) is 0 Å². The molecule has 6 heteroatoms. The first-order chi connectivity index (χ1) is 11.7. The quantitative estimate of drug-likeness (QED) is 0.760. The highest BCUT2D eigenvalue weighted by atomic mass is 35.5. The van der Waals surface area contributed by atoms with E-state index >= 15 is 0 Å². The lowest BCUT2D eigenvalue weighted by Crippen LogP contribution is -2.57. The van der Waals surface area contributed by atoms with Gasteiger partial charge >= 0.3 is 6.09 Å². The van der Waals surface area contributed by atoms with Crippen molar-refractivity contribution in [2.24, 2.45) is 0 Å². The maximum atomic E-state index is 12.9. The van der Waals surface area contributed by atoms with E-state index < -0.39 is 5.60 Å². The van der Waals surface area contributed by atoms with Crippen molar-refractivity contribution in [2.75, 3.05) is 13.1 Å². The van der Waals surface area contributed by atoms with E-state index in [4.69, 9.17) is 16.3 Å². The molecule has 2 unspecified atom stereocenters. The van der Waals surface area contributed by atoms with Crippen LogP contribution in [0.25, 0.3) is 0 Å². The highest BCUT2D eigenvalue weighted by Crippen LogP contribution is 2.33. The van der Waals surface area contributed by atoms with Crippen LogP contribution >= 0.6 is 11.6 Å². The fraction of sp³-hybridized carbons (Fsp3) is 0.579. The Labute approximate surface area is 153 Å². The van der Waals surface area contributed by atoms with Gasteiger partial charge < -0.3 is 9.64 Å². The number of fused-ring (bicyclic) bond motifs is 2. The third-order valence-corrected chi connectivity index (χ3v) is 5.28. The van der Waals surface area contributed by atoms with E-state index in [1.807, 2.05) is 43.6 Å². The molecule has 5 nitrogen and oxygen atoms in total. The van der Waals surface area contributed by atoms with Gasteiger partial charge in [0.15, 0.2) is 0 Å². The van der Waals surface area contributed by atoms with Crippen molar-refractivity contribution < 1.29 is 14.3 Å². The number of hydrogen-bond donors (Lipinski definition) is 0. The van der Waals surface area contributed by atoms with Gasteiger partial charge in [-0.05, 0) is 58.2 Å². The largest absolute Gasteiger partial charge is 0.444 e. The van der Waals surface area contributed by atoms with E-state index in [1.165, 1.54) is 0 Å². The molecule has 2 heterocycles. The van der Waals surface area contributed by atoms with E-state index in [1.54, 1.807) is 12.1 Å². The molecule has 2 aliphatic rings. The second-order valence-electron chi connectivity index (χ2n) is 7.90. The van der Waals surface area contributed by atoms with Gasteiger partial charge in [0.05, 0.1) is 12.1 Å². The number of rotatable bonds is 1. The smallest absolute Gasteiger partial charge is 0.410 e. The SMILES string of the molecule is Cc1c(Cl)cccc1C(=O)N1CC2CCC(C1)N2C(=O)OC(C)(C)C. The lowest BCUT2D eigenvalue weighted by atomic mass is 10.1. The van der Waals surface area contributed by atoms with E-state index in [2.05, 4.69) is 0 Å². The molecule has 0 aliphatic carbocycles. The number of likely N-dealkylation sites (tertiary alicyclic amines) is 1. The molecule has 0 saturated carbocycles. The van der Waals surface area contributed by atoms with Crippen LogP contribution in [0.5, 0.6) is 0 Å². The van der Waals surface area contributed by atoms with Crippen LogP contribution in [0.4, 0.5) is 4.79 Å². The van der Waals surface area contributed by atoms with Gasteiger partial charge in [0.1, 0.15) is 5.60 Å². The van der Waals surface area contributed by atoms with Crippen LogP contribution in [0.15, 0.2) is 18.2 Å². The Morgan fingerprint density at radius 1 is 1.16 bits per heavy atom. The predicted octanol–water partition coefficient (Wildman–Crippen LogP) is 3.87. The zero-order valence-corrected chi connectivity index (χ0v) is 16.0. The van der Waals surface area contributed by atoms with Crippen LogP contribution in [0.3, 0.4) is 0 Å². The minimum Gasteiger partial charge on any atom is -0.444 e. The van der Waals surface area contributed by atoms with Crippen LogP contribution in [0.1, 0.15) is 49.5 Å². The minimum absolute atomic E-state index is 0.0132. The summed E-state index contributed by atoms with van der Waals surface area (Å²) >= 11 is 6.15. The molecule has 25 heavy (non-hydrogen) atoms. The minimum atomic E-state index is -0.513. The maximum absolute atomic E-state index is 12.9. The summed E-state index contributed by atoms with van der Waals surface area (Å²) in [5.41, 5.74) is 0.926. The predicted molar refractivity (Wildman–Crippen MR) is 97.0 cm³/mol. The molecule has 2 saturated heterocycles. The van der Waals surface area contributed by atoms with Crippen LogP contribution in [-0.2, 0) is 4.74 Å². The average molecular weight is 365 g/mol. The fourth-order valence-corrected chi connectivity index (χ4v) is 3.87. The number of halogens is 1. The molecule has 3 rings (SSSR count). The second-order valence-corrected chi connectivity index (χ2v) is 8.30. The molecular formula is C19H25ClN2O3. The Bertz CT molecular complexity index is 684. The number of ether oxygens (including phenoxy) is 1. The van der Waals surface area contributed by atoms with Crippen molar-refractivity contribution in [1.82, 2.24) is 9.80 Å².